The van der Waals surface area contributed by atoms with Crippen molar-refractivity contribution in [1.82, 2.24) is 10.6 Å². The molecule has 0 bridgehead atoms. The van der Waals surface area contributed by atoms with Gasteiger partial charge in [-0.15, -0.1) is 0 Å². The average molecular weight is 242 g/mol. The average Bonchev–Trinajstić information content (AvgIpc) is 2.35. The van der Waals surface area contributed by atoms with Crippen LogP contribution >= 0.6 is 0 Å². The van der Waals surface area contributed by atoms with Crippen molar-refractivity contribution in [2.24, 2.45) is 0 Å². The van der Waals surface area contributed by atoms with Gasteiger partial charge >= 0.3 is 0 Å². The van der Waals surface area contributed by atoms with E-state index in [0.717, 1.165) is 6.42 Å². The second-order valence-electron chi connectivity index (χ2n) is 4.86. The molecule has 0 aromatic heterocycles. The van der Waals surface area contributed by atoms with E-state index >= 15 is 0 Å². The summed E-state index contributed by atoms with van der Waals surface area (Å²) in [4.78, 5) is 11.8. The quantitative estimate of drug-likeness (QED) is 0.664. The molecule has 0 aromatic rings. The molecule has 4 heteroatoms. The first-order valence-electron chi connectivity index (χ1n) is 6.76. The zero-order valence-electron chi connectivity index (χ0n) is 11.1. The van der Waals surface area contributed by atoms with Crippen molar-refractivity contribution in [3.05, 3.63) is 0 Å². The van der Waals surface area contributed by atoms with Gasteiger partial charge in [0.2, 0.25) is 5.91 Å². The molecule has 1 fully saturated rings. The second kappa shape index (κ2) is 8.48. The Morgan fingerprint density at radius 3 is 2.71 bits per heavy atom. The highest BCUT2D eigenvalue weighted by Crippen LogP contribution is 2.17. The molecule has 0 heterocycles. The number of methoxy groups -OCH3 is 1. The summed E-state index contributed by atoms with van der Waals surface area (Å²) in [6.45, 7) is 3.34. The number of ether oxygens (including phenoxy) is 1. The van der Waals surface area contributed by atoms with Crippen molar-refractivity contribution in [3.8, 4) is 0 Å². The molecule has 0 radical (unpaired) electrons. The summed E-state index contributed by atoms with van der Waals surface area (Å²) in [7, 11) is 1.68. The third kappa shape index (κ3) is 6.03. The normalized spacial score (nSPS) is 18.9. The van der Waals surface area contributed by atoms with Gasteiger partial charge in [0.1, 0.15) is 0 Å². The van der Waals surface area contributed by atoms with Crippen molar-refractivity contribution < 1.29 is 9.53 Å². The Morgan fingerprint density at radius 2 is 2.06 bits per heavy atom. The summed E-state index contributed by atoms with van der Waals surface area (Å²) < 4.78 is 4.94. The Morgan fingerprint density at radius 1 is 1.35 bits per heavy atom. The van der Waals surface area contributed by atoms with E-state index in [-0.39, 0.29) is 11.9 Å². The minimum Gasteiger partial charge on any atom is -0.385 e. The number of amides is 1. The number of carbonyl (C=O) groups is 1. The lowest BCUT2D eigenvalue weighted by Gasteiger charge is -2.26. The first kappa shape index (κ1) is 14.5. The fourth-order valence-electron chi connectivity index (χ4n) is 2.28. The molecule has 1 saturated carbocycles. The van der Waals surface area contributed by atoms with Crippen molar-refractivity contribution in [3.63, 3.8) is 0 Å². The van der Waals surface area contributed by atoms with E-state index < -0.39 is 0 Å². The highest BCUT2D eigenvalue weighted by atomic mass is 16.5. The summed E-state index contributed by atoms with van der Waals surface area (Å²) >= 11 is 0. The molecule has 0 unspecified atom stereocenters. The van der Waals surface area contributed by atoms with E-state index in [1.165, 1.54) is 32.1 Å². The van der Waals surface area contributed by atoms with E-state index in [1.54, 1.807) is 7.11 Å². The van der Waals surface area contributed by atoms with Gasteiger partial charge in [0.25, 0.3) is 0 Å². The molecule has 0 aromatic carbocycles. The first-order valence-corrected chi connectivity index (χ1v) is 6.76. The zero-order valence-corrected chi connectivity index (χ0v) is 11.1. The number of hydrogen-bond acceptors (Lipinski definition) is 3. The standard InChI is InChI=1S/C13H26N2O2/c1-11(13(16)14-9-6-10-17-2)15-12-7-4-3-5-8-12/h11-12,15H,3-10H2,1-2H3,(H,14,16)/t11-/m0/s1. The third-order valence-electron chi connectivity index (χ3n) is 3.31. The molecule has 1 aliphatic rings. The molecule has 1 rings (SSSR count). The van der Waals surface area contributed by atoms with E-state index in [0.29, 0.717) is 19.2 Å². The number of rotatable bonds is 7. The van der Waals surface area contributed by atoms with Gasteiger partial charge in [0.05, 0.1) is 6.04 Å². The van der Waals surface area contributed by atoms with Crippen molar-refractivity contribution in [2.75, 3.05) is 20.3 Å². The van der Waals surface area contributed by atoms with Gasteiger partial charge in [0, 0.05) is 26.3 Å². The molecular weight excluding hydrogens is 216 g/mol. The van der Waals surface area contributed by atoms with E-state index in [4.69, 9.17) is 4.74 Å². The molecule has 4 nitrogen and oxygen atoms in total. The van der Waals surface area contributed by atoms with Gasteiger partial charge in [-0.3, -0.25) is 4.79 Å². The fraction of sp³-hybridized carbons (Fsp3) is 0.923. The van der Waals surface area contributed by atoms with Gasteiger partial charge < -0.3 is 15.4 Å². The predicted octanol–water partition coefficient (Wildman–Crippen LogP) is 1.45. The van der Waals surface area contributed by atoms with Crippen LogP contribution < -0.4 is 10.6 Å². The summed E-state index contributed by atoms with van der Waals surface area (Å²) in [6, 6.07) is 0.448. The van der Waals surface area contributed by atoms with Crippen LogP contribution in [0.15, 0.2) is 0 Å². The lowest BCUT2D eigenvalue weighted by atomic mass is 9.95. The van der Waals surface area contributed by atoms with E-state index in [2.05, 4.69) is 10.6 Å². The Labute approximate surface area is 104 Å². The number of hydrogen-bond donors (Lipinski definition) is 2. The maximum Gasteiger partial charge on any atom is 0.236 e. The Kier molecular flexibility index (Phi) is 7.21. The molecule has 1 amide bonds. The lowest BCUT2D eigenvalue weighted by molar-refractivity contribution is -0.123. The summed E-state index contributed by atoms with van der Waals surface area (Å²) in [5.41, 5.74) is 0. The number of nitrogens with one attached hydrogen (secondary N) is 2. The SMILES string of the molecule is COCCCNC(=O)[C@H](C)NC1CCCCC1. The van der Waals surface area contributed by atoms with Crippen LogP contribution in [0.1, 0.15) is 45.4 Å². The van der Waals surface area contributed by atoms with Crippen molar-refractivity contribution >= 4 is 5.91 Å². The third-order valence-corrected chi connectivity index (χ3v) is 3.31. The van der Waals surface area contributed by atoms with E-state index in [9.17, 15) is 4.79 Å². The molecule has 2 N–H and O–H groups in total. The minimum atomic E-state index is -0.0827. The molecule has 0 saturated heterocycles. The predicted molar refractivity (Wildman–Crippen MR) is 69.0 cm³/mol. The van der Waals surface area contributed by atoms with Crippen molar-refractivity contribution in [2.45, 2.75) is 57.5 Å². The Hall–Kier alpha value is -0.610. The van der Waals surface area contributed by atoms with Gasteiger partial charge in [0.15, 0.2) is 0 Å². The van der Waals surface area contributed by atoms with Gasteiger partial charge in [-0.1, -0.05) is 19.3 Å². The molecule has 1 aliphatic carbocycles. The summed E-state index contributed by atoms with van der Waals surface area (Å²) in [5, 5.41) is 6.34. The van der Waals surface area contributed by atoms with Crippen molar-refractivity contribution in [1.29, 1.82) is 0 Å². The van der Waals surface area contributed by atoms with Crippen LogP contribution in [0.3, 0.4) is 0 Å². The lowest BCUT2D eigenvalue weighted by Crippen LogP contribution is -2.47. The molecule has 0 spiro atoms. The molecule has 0 aliphatic heterocycles. The highest BCUT2D eigenvalue weighted by Gasteiger charge is 2.19. The highest BCUT2D eigenvalue weighted by molar-refractivity contribution is 5.81. The number of carbonyl (C=O) groups excluding carboxylic acids is 1. The molecule has 17 heavy (non-hydrogen) atoms. The maximum absolute atomic E-state index is 11.8. The summed E-state index contributed by atoms with van der Waals surface area (Å²) in [6.07, 6.45) is 7.22. The zero-order chi connectivity index (χ0) is 12.5. The smallest absolute Gasteiger partial charge is 0.236 e. The van der Waals surface area contributed by atoms with Crippen LogP contribution in [0.4, 0.5) is 0 Å². The maximum atomic E-state index is 11.8. The van der Waals surface area contributed by atoms with Crippen LogP contribution in [0, 0.1) is 0 Å². The van der Waals surface area contributed by atoms with Gasteiger partial charge in [-0.05, 0) is 26.2 Å². The molecule has 1 atom stereocenters. The van der Waals surface area contributed by atoms with Crippen LogP contribution in [0.2, 0.25) is 0 Å². The minimum absolute atomic E-state index is 0.0827. The van der Waals surface area contributed by atoms with Crippen LogP contribution in [-0.2, 0) is 9.53 Å². The van der Waals surface area contributed by atoms with E-state index in [1.807, 2.05) is 6.92 Å². The van der Waals surface area contributed by atoms with Crippen LogP contribution in [0.5, 0.6) is 0 Å². The van der Waals surface area contributed by atoms with Crippen LogP contribution in [-0.4, -0.2) is 38.3 Å². The van der Waals surface area contributed by atoms with Crippen LogP contribution in [0.25, 0.3) is 0 Å². The molecule has 100 valence electrons. The Balaban J connectivity index is 2.12. The van der Waals surface area contributed by atoms with Gasteiger partial charge in [-0.25, -0.2) is 0 Å². The summed E-state index contributed by atoms with van der Waals surface area (Å²) in [5.74, 6) is 0.103. The largest absolute Gasteiger partial charge is 0.385 e. The van der Waals surface area contributed by atoms with Gasteiger partial charge in [-0.2, -0.15) is 0 Å². The second-order valence-corrected chi connectivity index (χ2v) is 4.86. The molecular formula is C13H26N2O2. The first-order chi connectivity index (χ1) is 8.24. The monoisotopic (exact) mass is 242 g/mol. The topological polar surface area (TPSA) is 50.4 Å². The Bertz CT molecular complexity index is 215. The fourth-order valence-corrected chi connectivity index (χ4v) is 2.28.